The van der Waals surface area contributed by atoms with Crippen molar-refractivity contribution in [1.29, 1.82) is 5.26 Å². The number of aryl methyl sites for hydroxylation is 1. The molecule has 0 unspecified atom stereocenters. The molecule has 1 aliphatic heterocycles. The van der Waals surface area contributed by atoms with Gasteiger partial charge in [-0.3, -0.25) is 0 Å². The van der Waals surface area contributed by atoms with E-state index >= 15 is 0 Å². The summed E-state index contributed by atoms with van der Waals surface area (Å²) in [5.41, 5.74) is 1.16. The molecule has 16 heavy (non-hydrogen) atoms. The highest BCUT2D eigenvalue weighted by atomic mass is 15.2. The normalized spacial score (nSPS) is 17.1. The lowest BCUT2D eigenvalue weighted by atomic mass is 9.99. The molecule has 4 heteroatoms. The highest BCUT2D eigenvalue weighted by Crippen LogP contribution is 2.19. The molecule has 0 aromatic carbocycles. The first-order valence-corrected chi connectivity index (χ1v) is 5.79. The van der Waals surface area contributed by atoms with Gasteiger partial charge in [0.25, 0.3) is 0 Å². The van der Waals surface area contributed by atoms with E-state index in [0.717, 1.165) is 43.9 Å². The largest absolute Gasteiger partial charge is 0.341 e. The minimum Gasteiger partial charge on any atom is -0.341 e. The van der Waals surface area contributed by atoms with Crippen LogP contribution in [0.25, 0.3) is 0 Å². The van der Waals surface area contributed by atoms with Gasteiger partial charge in [0.15, 0.2) is 0 Å². The predicted molar refractivity (Wildman–Crippen MR) is 62.0 cm³/mol. The fourth-order valence-corrected chi connectivity index (χ4v) is 1.90. The standard InChI is InChI=1S/C12H16N4/c1-2-10-8-14-12(15-9-10)16-5-3-11(7-13)4-6-16/h8-9,11H,2-6H2,1H3. The molecule has 1 aromatic rings. The smallest absolute Gasteiger partial charge is 0.225 e. The molecule has 0 bridgehead atoms. The van der Waals surface area contributed by atoms with E-state index in [1.165, 1.54) is 0 Å². The van der Waals surface area contributed by atoms with Crippen LogP contribution in [0.4, 0.5) is 5.95 Å². The van der Waals surface area contributed by atoms with Crippen LogP contribution in [0.1, 0.15) is 25.3 Å². The molecule has 0 N–H and O–H groups in total. The lowest BCUT2D eigenvalue weighted by Crippen LogP contribution is -2.34. The number of hydrogen-bond acceptors (Lipinski definition) is 4. The summed E-state index contributed by atoms with van der Waals surface area (Å²) in [6.07, 6.45) is 6.60. The summed E-state index contributed by atoms with van der Waals surface area (Å²) in [6, 6.07) is 2.33. The number of anilines is 1. The van der Waals surface area contributed by atoms with Crippen molar-refractivity contribution >= 4 is 5.95 Å². The van der Waals surface area contributed by atoms with Gasteiger partial charge in [-0.1, -0.05) is 6.92 Å². The molecule has 1 saturated heterocycles. The molecule has 0 amide bonds. The van der Waals surface area contributed by atoms with Crippen LogP contribution in [-0.2, 0) is 6.42 Å². The van der Waals surface area contributed by atoms with E-state index in [9.17, 15) is 0 Å². The van der Waals surface area contributed by atoms with E-state index in [2.05, 4.69) is 27.9 Å². The molecule has 1 fully saturated rings. The van der Waals surface area contributed by atoms with Crippen LogP contribution in [0.3, 0.4) is 0 Å². The number of aromatic nitrogens is 2. The summed E-state index contributed by atoms with van der Waals surface area (Å²) in [4.78, 5) is 10.9. The lowest BCUT2D eigenvalue weighted by Gasteiger charge is -2.28. The Labute approximate surface area is 95.9 Å². The van der Waals surface area contributed by atoms with Gasteiger partial charge in [-0.25, -0.2) is 9.97 Å². The maximum atomic E-state index is 8.82. The SMILES string of the molecule is CCc1cnc(N2CCC(C#N)CC2)nc1. The Kier molecular flexibility index (Phi) is 3.35. The van der Waals surface area contributed by atoms with E-state index < -0.39 is 0 Å². The van der Waals surface area contributed by atoms with Crippen molar-refractivity contribution < 1.29 is 0 Å². The highest BCUT2D eigenvalue weighted by molar-refractivity contribution is 5.30. The number of hydrogen-bond donors (Lipinski definition) is 0. The lowest BCUT2D eigenvalue weighted by molar-refractivity contribution is 0.482. The van der Waals surface area contributed by atoms with E-state index in [1.807, 2.05) is 12.4 Å². The maximum absolute atomic E-state index is 8.82. The van der Waals surface area contributed by atoms with Crippen LogP contribution >= 0.6 is 0 Å². The number of nitrogens with zero attached hydrogens (tertiary/aromatic N) is 4. The van der Waals surface area contributed by atoms with Gasteiger partial charge in [-0.2, -0.15) is 5.26 Å². The molecule has 0 aliphatic carbocycles. The average Bonchev–Trinajstić information content (AvgIpc) is 2.39. The summed E-state index contributed by atoms with van der Waals surface area (Å²) in [5.74, 6) is 1.01. The minimum absolute atomic E-state index is 0.214. The third-order valence-electron chi connectivity index (χ3n) is 3.06. The predicted octanol–water partition coefficient (Wildman–Crippen LogP) is 1.78. The molecule has 0 atom stereocenters. The second kappa shape index (κ2) is 4.93. The third-order valence-corrected chi connectivity index (χ3v) is 3.06. The Balaban J connectivity index is 2.00. The van der Waals surface area contributed by atoms with Gasteiger partial charge in [-0.15, -0.1) is 0 Å². The topological polar surface area (TPSA) is 52.8 Å². The highest BCUT2D eigenvalue weighted by Gasteiger charge is 2.20. The summed E-state index contributed by atoms with van der Waals surface area (Å²) < 4.78 is 0. The summed E-state index contributed by atoms with van der Waals surface area (Å²) in [5, 5.41) is 8.82. The fourth-order valence-electron chi connectivity index (χ4n) is 1.90. The van der Waals surface area contributed by atoms with Gasteiger partial charge in [0.05, 0.1) is 6.07 Å². The van der Waals surface area contributed by atoms with Crippen LogP contribution in [0.2, 0.25) is 0 Å². The Morgan fingerprint density at radius 2 is 2.00 bits per heavy atom. The van der Waals surface area contributed by atoms with E-state index in [4.69, 9.17) is 5.26 Å². The van der Waals surface area contributed by atoms with Gasteiger partial charge >= 0.3 is 0 Å². The van der Waals surface area contributed by atoms with Crippen LogP contribution in [0.5, 0.6) is 0 Å². The fraction of sp³-hybridized carbons (Fsp3) is 0.583. The van der Waals surface area contributed by atoms with Crippen molar-refractivity contribution in [3.05, 3.63) is 18.0 Å². The quantitative estimate of drug-likeness (QED) is 0.756. The molecule has 1 aliphatic rings. The zero-order valence-corrected chi connectivity index (χ0v) is 9.56. The molecule has 1 aromatic heterocycles. The Hall–Kier alpha value is -1.63. The molecule has 2 heterocycles. The van der Waals surface area contributed by atoms with Crippen LogP contribution < -0.4 is 4.90 Å². The number of nitriles is 1. The first-order chi connectivity index (χ1) is 7.83. The van der Waals surface area contributed by atoms with Crippen molar-refractivity contribution in [2.75, 3.05) is 18.0 Å². The summed E-state index contributed by atoms with van der Waals surface area (Å²) in [7, 11) is 0. The molecular weight excluding hydrogens is 200 g/mol. The van der Waals surface area contributed by atoms with Gasteiger partial charge < -0.3 is 4.90 Å². The molecule has 4 nitrogen and oxygen atoms in total. The van der Waals surface area contributed by atoms with Gasteiger partial charge in [0, 0.05) is 31.4 Å². The summed E-state index contributed by atoms with van der Waals surface area (Å²) in [6.45, 7) is 3.88. The van der Waals surface area contributed by atoms with E-state index in [-0.39, 0.29) is 5.92 Å². The Morgan fingerprint density at radius 3 is 2.50 bits per heavy atom. The number of rotatable bonds is 2. The zero-order valence-electron chi connectivity index (χ0n) is 9.56. The monoisotopic (exact) mass is 216 g/mol. The summed E-state index contributed by atoms with van der Waals surface area (Å²) >= 11 is 0. The molecule has 0 radical (unpaired) electrons. The Morgan fingerprint density at radius 1 is 1.38 bits per heavy atom. The first kappa shape index (κ1) is 10.9. The molecule has 2 rings (SSSR count). The van der Waals surface area contributed by atoms with Crippen molar-refractivity contribution in [2.45, 2.75) is 26.2 Å². The van der Waals surface area contributed by atoms with Crippen LogP contribution in [0, 0.1) is 17.2 Å². The van der Waals surface area contributed by atoms with E-state index in [1.54, 1.807) is 0 Å². The van der Waals surface area contributed by atoms with Crippen LogP contribution in [0.15, 0.2) is 12.4 Å². The second-order valence-electron chi connectivity index (χ2n) is 4.14. The minimum atomic E-state index is 0.214. The third kappa shape index (κ3) is 2.30. The van der Waals surface area contributed by atoms with Crippen molar-refractivity contribution in [3.63, 3.8) is 0 Å². The molecule has 84 valence electrons. The first-order valence-electron chi connectivity index (χ1n) is 5.79. The Bertz CT molecular complexity index is 371. The van der Waals surface area contributed by atoms with E-state index in [0.29, 0.717) is 0 Å². The van der Waals surface area contributed by atoms with Crippen molar-refractivity contribution in [3.8, 4) is 6.07 Å². The average molecular weight is 216 g/mol. The number of piperidine rings is 1. The van der Waals surface area contributed by atoms with Crippen molar-refractivity contribution in [2.24, 2.45) is 5.92 Å². The van der Waals surface area contributed by atoms with Gasteiger partial charge in [0.2, 0.25) is 5.95 Å². The molecule has 0 spiro atoms. The maximum Gasteiger partial charge on any atom is 0.225 e. The molecule has 0 saturated carbocycles. The van der Waals surface area contributed by atoms with Crippen molar-refractivity contribution in [1.82, 2.24) is 9.97 Å². The van der Waals surface area contributed by atoms with Gasteiger partial charge in [0.1, 0.15) is 0 Å². The zero-order chi connectivity index (χ0) is 11.4. The van der Waals surface area contributed by atoms with Gasteiger partial charge in [-0.05, 0) is 24.8 Å². The molecular formula is C12H16N4. The van der Waals surface area contributed by atoms with Crippen LogP contribution in [-0.4, -0.2) is 23.1 Å². The second-order valence-corrected chi connectivity index (χ2v) is 4.14.